The van der Waals surface area contributed by atoms with E-state index in [1.54, 1.807) is 26.8 Å². The highest BCUT2D eigenvalue weighted by Crippen LogP contribution is 2.28. The SMILES string of the molecule is CCCCCCCN(C(=O)C(CS)NC(=O)OC(C)(C)C)C(C(=O)NCC(=O)OC)c1cccc(C)c1C. The lowest BCUT2D eigenvalue weighted by atomic mass is 9.94. The Bertz CT molecular complexity index is 947. The second-order valence-electron chi connectivity index (χ2n) is 10.3. The average Bonchev–Trinajstić information content (AvgIpc) is 2.85. The number of amides is 3. The van der Waals surface area contributed by atoms with Gasteiger partial charge in [0.2, 0.25) is 11.8 Å². The Kier molecular flexibility index (Phi) is 14.2. The second kappa shape index (κ2) is 16.3. The van der Waals surface area contributed by atoms with Crippen molar-refractivity contribution in [3.63, 3.8) is 0 Å². The molecule has 1 aromatic rings. The molecule has 0 aliphatic rings. The van der Waals surface area contributed by atoms with Crippen molar-refractivity contribution < 1.29 is 28.7 Å². The first-order valence-electron chi connectivity index (χ1n) is 13.2. The zero-order valence-electron chi connectivity index (χ0n) is 23.9. The first-order valence-corrected chi connectivity index (χ1v) is 13.8. The van der Waals surface area contributed by atoms with E-state index in [0.29, 0.717) is 12.0 Å². The third-order valence-electron chi connectivity index (χ3n) is 6.09. The number of thiol groups is 1. The first kappa shape index (κ1) is 33.3. The fourth-order valence-corrected chi connectivity index (χ4v) is 4.18. The number of ether oxygens (including phenoxy) is 2. The predicted molar refractivity (Wildman–Crippen MR) is 151 cm³/mol. The highest BCUT2D eigenvalue weighted by atomic mass is 32.1. The van der Waals surface area contributed by atoms with E-state index in [9.17, 15) is 19.2 Å². The monoisotopic (exact) mass is 551 g/mol. The van der Waals surface area contributed by atoms with E-state index in [4.69, 9.17) is 4.74 Å². The second-order valence-corrected chi connectivity index (χ2v) is 10.7. The molecule has 0 spiro atoms. The number of hydrogen-bond acceptors (Lipinski definition) is 7. The van der Waals surface area contributed by atoms with Crippen molar-refractivity contribution in [3.05, 3.63) is 34.9 Å². The molecule has 1 rings (SSSR count). The molecule has 0 aliphatic heterocycles. The van der Waals surface area contributed by atoms with Gasteiger partial charge in [0, 0.05) is 12.3 Å². The predicted octanol–water partition coefficient (Wildman–Crippen LogP) is 4.26. The van der Waals surface area contributed by atoms with Crippen LogP contribution in [0.1, 0.15) is 82.5 Å². The van der Waals surface area contributed by atoms with Crippen LogP contribution in [0.4, 0.5) is 4.79 Å². The van der Waals surface area contributed by atoms with Gasteiger partial charge in [-0.15, -0.1) is 0 Å². The van der Waals surface area contributed by atoms with E-state index in [-0.39, 0.29) is 18.8 Å². The molecule has 214 valence electrons. The molecule has 0 fully saturated rings. The summed E-state index contributed by atoms with van der Waals surface area (Å²) < 4.78 is 10.0. The van der Waals surface area contributed by atoms with E-state index in [2.05, 4.69) is 34.9 Å². The lowest BCUT2D eigenvalue weighted by Crippen LogP contribution is -2.54. The van der Waals surface area contributed by atoms with Crippen LogP contribution in [0.15, 0.2) is 18.2 Å². The fourth-order valence-electron chi connectivity index (χ4n) is 3.94. The third kappa shape index (κ3) is 10.9. The molecule has 0 radical (unpaired) electrons. The highest BCUT2D eigenvalue weighted by Gasteiger charge is 2.36. The van der Waals surface area contributed by atoms with Crippen LogP contribution in [0, 0.1) is 13.8 Å². The Morgan fingerprint density at radius 2 is 1.71 bits per heavy atom. The van der Waals surface area contributed by atoms with Crippen LogP contribution in [0.25, 0.3) is 0 Å². The van der Waals surface area contributed by atoms with Gasteiger partial charge in [-0.1, -0.05) is 50.8 Å². The van der Waals surface area contributed by atoms with Gasteiger partial charge in [0.15, 0.2) is 0 Å². The maximum atomic E-state index is 13.9. The summed E-state index contributed by atoms with van der Waals surface area (Å²) in [5.41, 5.74) is 1.71. The number of methoxy groups -OCH3 is 1. The number of rotatable bonds is 14. The number of carbonyl (C=O) groups is 4. The van der Waals surface area contributed by atoms with Gasteiger partial charge >= 0.3 is 12.1 Å². The van der Waals surface area contributed by atoms with Gasteiger partial charge in [-0.05, 0) is 57.7 Å². The molecule has 1 aromatic carbocycles. The highest BCUT2D eigenvalue weighted by molar-refractivity contribution is 7.80. The van der Waals surface area contributed by atoms with Crippen LogP contribution in [0.5, 0.6) is 0 Å². The van der Waals surface area contributed by atoms with Crippen LogP contribution in [-0.4, -0.2) is 66.4 Å². The number of nitrogens with zero attached hydrogens (tertiary/aromatic N) is 1. The van der Waals surface area contributed by atoms with Gasteiger partial charge in [0.05, 0.1) is 7.11 Å². The van der Waals surface area contributed by atoms with Crippen LogP contribution in [0.3, 0.4) is 0 Å². The summed E-state index contributed by atoms with van der Waals surface area (Å²) in [6.45, 7) is 11.1. The van der Waals surface area contributed by atoms with E-state index < -0.39 is 41.6 Å². The topological polar surface area (TPSA) is 114 Å². The molecule has 2 atom stereocenters. The molecule has 0 saturated carbocycles. The van der Waals surface area contributed by atoms with E-state index >= 15 is 0 Å². The Labute approximate surface area is 232 Å². The van der Waals surface area contributed by atoms with Crippen molar-refractivity contribution in [3.8, 4) is 0 Å². The zero-order chi connectivity index (χ0) is 28.9. The summed E-state index contributed by atoms with van der Waals surface area (Å²) >= 11 is 4.32. The van der Waals surface area contributed by atoms with Crippen LogP contribution in [0.2, 0.25) is 0 Å². The van der Waals surface area contributed by atoms with Crippen LogP contribution < -0.4 is 10.6 Å². The lowest BCUT2D eigenvalue weighted by molar-refractivity contribution is -0.144. The molecule has 38 heavy (non-hydrogen) atoms. The third-order valence-corrected chi connectivity index (χ3v) is 6.46. The molecule has 9 nitrogen and oxygen atoms in total. The van der Waals surface area contributed by atoms with E-state index in [0.717, 1.165) is 36.8 Å². The molecular weight excluding hydrogens is 506 g/mol. The van der Waals surface area contributed by atoms with Gasteiger partial charge in [0.25, 0.3) is 0 Å². The fraction of sp³-hybridized carbons (Fsp3) is 0.643. The maximum absolute atomic E-state index is 13.9. The number of carbonyl (C=O) groups excluding carboxylic acids is 4. The minimum absolute atomic E-state index is 0.00765. The molecule has 0 aliphatic carbocycles. The molecule has 0 aromatic heterocycles. The molecule has 10 heteroatoms. The molecule has 2 N–H and O–H groups in total. The quantitative estimate of drug-likeness (QED) is 0.181. The smallest absolute Gasteiger partial charge is 0.408 e. The van der Waals surface area contributed by atoms with Gasteiger partial charge in [-0.25, -0.2) is 4.79 Å². The minimum Gasteiger partial charge on any atom is -0.468 e. The molecule has 2 unspecified atom stereocenters. The van der Waals surface area contributed by atoms with E-state index in [1.165, 1.54) is 12.0 Å². The Balaban J connectivity index is 3.45. The van der Waals surface area contributed by atoms with Crippen molar-refractivity contribution in [2.75, 3.05) is 26.0 Å². The van der Waals surface area contributed by atoms with E-state index in [1.807, 2.05) is 26.0 Å². The largest absolute Gasteiger partial charge is 0.468 e. The maximum Gasteiger partial charge on any atom is 0.408 e. The van der Waals surface area contributed by atoms with Crippen molar-refractivity contribution in [1.29, 1.82) is 0 Å². The summed E-state index contributed by atoms with van der Waals surface area (Å²) in [4.78, 5) is 53.3. The summed E-state index contributed by atoms with van der Waals surface area (Å²) in [6.07, 6.45) is 3.97. The standard InChI is InChI=1S/C28H45N3O6S/c1-8-9-10-11-12-16-31(26(34)22(18-38)30-27(35)37-28(4,5)6)24(25(33)29-17-23(32)36-7)21-15-13-14-19(2)20(21)3/h13-15,22,24,38H,8-12,16-18H2,1-7H3,(H,29,33)(H,30,35). The normalized spacial score (nSPS) is 12.7. The number of alkyl carbamates (subject to hydrolysis) is 1. The lowest BCUT2D eigenvalue weighted by Gasteiger charge is -2.35. The Hall–Kier alpha value is -2.75. The van der Waals surface area contributed by atoms with Crippen molar-refractivity contribution in [2.24, 2.45) is 0 Å². The number of benzene rings is 1. The number of unbranched alkanes of at least 4 members (excludes halogenated alkanes) is 4. The minimum atomic E-state index is -1.03. The molecular formula is C28H45N3O6S. The Morgan fingerprint density at radius 1 is 1.05 bits per heavy atom. The van der Waals surface area contributed by atoms with Crippen molar-refractivity contribution >= 4 is 36.5 Å². The van der Waals surface area contributed by atoms with Crippen LogP contribution in [-0.2, 0) is 23.9 Å². The summed E-state index contributed by atoms with van der Waals surface area (Å²) in [6, 6.07) is 3.52. The Morgan fingerprint density at radius 3 is 2.29 bits per heavy atom. The van der Waals surface area contributed by atoms with Crippen molar-refractivity contribution in [1.82, 2.24) is 15.5 Å². The number of nitrogens with one attached hydrogen (secondary N) is 2. The average molecular weight is 552 g/mol. The van der Waals surface area contributed by atoms with Crippen LogP contribution >= 0.6 is 12.6 Å². The van der Waals surface area contributed by atoms with Gasteiger partial charge in [-0.3, -0.25) is 14.4 Å². The molecule has 0 bridgehead atoms. The van der Waals surface area contributed by atoms with Gasteiger partial charge in [-0.2, -0.15) is 12.6 Å². The van der Waals surface area contributed by atoms with Gasteiger partial charge < -0.3 is 25.0 Å². The van der Waals surface area contributed by atoms with Crippen molar-refractivity contribution in [2.45, 2.75) is 91.3 Å². The number of aryl methyl sites for hydroxylation is 1. The summed E-state index contributed by atoms with van der Waals surface area (Å²) in [7, 11) is 1.24. The zero-order valence-corrected chi connectivity index (χ0v) is 24.8. The van der Waals surface area contributed by atoms with Gasteiger partial charge in [0.1, 0.15) is 24.2 Å². The molecule has 0 heterocycles. The molecule has 3 amide bonds. The first-order chi connectivity index (χ1) is 17.9. The number of hydrogen-bond donors (Lipinski definition) is 3. The summed E-state index contributed by atoms with van der Waals surface area (Å²) in [5.74, 6) is -1.56. The molecule has 0 saturated heterocycles. The summed E-state index contributed by atoms with van der Waals surface area (Å²) in [5, 5.41) is 5.23. The number of esters is 1.